The fourth-order valence-electron chi connectivity index (χ4n) is 2.97. The van der Waals surface area contributed by atoms with E-state index in [1.54, 1.807) is 17.1 Å². The van der Waals surface area contributed by atoms with E-state index in [1.807, 2.05) is 24.3 Å². The number of allylic oxidation sites excluding steroid dienone is 1. The van der Waals surface area contributed by atoms with Crippen LogP contribution in [0.5, 0.6) is 0 Å². The molecule has 0 saturated carbocycles. The molecule has 1 saturated heterocycles. The molecule has 0 spiro atoms. The fourth-order valence-corrected chi connectivity index (χ4v) is 4.67. The molecule has 2 aromatic rings. The van der Waals surface area contributed by atoms with Gasteiger partial charge in [0.1, 0.15) is 0 Å². The molecule has 114 valence electrons. The number of benzene rings is 1. The maximum Gasteiger partial charge on any atom is 0.239 e. The third-order valence-electron chi connectivity index (χ3n) is 4.33. The van der Waals surface area contributed by atoms with Crippen LogP contribution < -0.4 is 0 Å². The first-order valence-corrected chi connectivity index (χ1v) is 8.73. The number of hydrogen-bond acceptors (Lipinski definition) is 4. The first-order chi connectivity index (χ1) is 10.6. The lowest BCUT2D eigenvalue weighted by molar-refractivity contribution is 0.190. The van der Waals surface area contributed by atoms with Crippen molar-refractivity contribution in [2.24, 2.45) is 0 Å². The second kappa shape index (κ2) is 5.03. The predicted molar refractivity (Wildman–Crippen MR) is 82.3 cm³/mol. The van der Waals surface area contributed by atoms with Gasteiger partial charge in [-0.1, -0.05) is 29.5 Å². The second-order valence-electron chi connectivity index (χ2n) is 5.67. The van der Waals surface area contributed by atoms with Crippen molar-refractivity contribution in [1.29, 1.82) is 0 Å². The molecule has 6 nitrogen and oxygen atoms in total. The summed E-state index contributed by atoms with van der Waals surface area (Å²) in [7, 11) is -3.36. The van der Waals surface area contributed by atoms with Crippen LogP contribution in [0.15, 0.2) is 41.6 Å². The van der Waals surface area contributed by atoms with Crippen LogP contribution in [0.3, 0.4) is 0 Å². The summed E-state index contributed by atoms with van der Waals surface area (Å²) < 4.78 is 28.7. The average Bonchev–Trinajstić information content (AvgIpc) is 2.99. The molecule has 7 heteroatoms. The molecule has 1 aliphatic heterocycles. The van der Waals surface area contributed by atoms with E-state index in [4.69, 9.17) is 0 Å². The number of aryl methyl sites for hydroxylation is 1. The van der Waals surface area contributed by atoms with Gasteiger partial charge in [-0.15, -0.1) is 5.10 Å². The van der Waals surface area contributed by atoms with E-state index in [-0.39, 0.29) is 6.04 Å². The number of fused-ring (bicyclic) bond motifs is 1. The van der Waals surface area contributed by atoms with Crippen LogP contribution in [0.25, 0.3) is 6.08 Å². The molecular formula is C15H16N4O2S. The summed E-state index contributed by atoms with van der Waals surface area (Å²) in [5.74, 6) is 0. The largest absolute Gasteiger partial charge is 0.247 e. The first kappa shape index (κ1) is 13.7. The van der Waals surface area contributed by atoms with Crippen LogP contribution >= 0.6 is 0 Å². The molecule has 2 aliphatic rings. The highest BCUT2D eigenvalue weighted by atomic mass is 32.2. The quantitative estimate of drug-likeness (QED) is 0.859. The highest BCUT2D eigenvalue weighted by Gasteiger charge is 2.39. The van der Waals surface area contributed by atoms with E-state index >= 15 is 0 Å². The summed E-state index contributed by atoms with van der Waals surface area (Å²) in [6.07, 6.45) is 6.55. The van der Waals surface area contributed by atoms with E-state index in [1.165, 1.54) is 9.87 Å². The van der Waals surface area contributed by atoms with Gasteiger partial charge in [0.05, 0.1) is 17.1 Å². The van der Waals surface area contributed by atoms with Crippen LogP contribution in [0.1, 0.15) is 23.6 Å². The highest BCUT2D eigenvalue weighted by molar-refractivity contribution is 7.93. The monoisotopic (exact) mass is 316 g/mol. The molecule has 0 bridgehead atoms. The second-order valence-corrected chi connectivity index (χ2v) is 7.66. The van der Waals surface area contributed by atoms with E-state index in [0.29, 0.717) is 24.4 Å². The number of aromatic nitrogens is 3. The van der Waals surface area contributed by atoms with E-state index in [0.717, 1.165) is 12.0 Å². The zero-order chi connectivity index (χ0) is 15.2. The number of nitrogens with zero attached hydrogens (tertiary/aromatic N) is 4. The normalized spacial score (nSPS) is 19.4. The van der Waals surface area contributed by atoms with Crippen molar-refractivity contribution >= 4 is 16.1 Å². The third-order valence-corrected chi connectivity index (χ3v) is 6.29. The smallest absolute Gasteiger partial charge is 0.239 e. The Morgan fingerprint density at radius 3 is 2.73 bits per heavy atom. The topological polar surface area (TPSA) is 68.1 Å². The minimum atomic E-state index is -3.36. The third kappa shape index (κ3) is 2.17. The molecular weight excluding hydrogens is 300 g/mol. The molecule has 1 aromatic heterocycles. The predicted octanol–water partition coefficient (Wildman–Crippen LogP) is 1.45. The Hall–Kier alpha value is -1.99. The lowest BCUT2D eigenvalue weighted by atomic mass is 9.98. The first-order valence-electron chi connectivity index (χ1n) is 7.29. The van der Waals surface area contributed by atoms with Gasteiger partial charge in [-0.05, 0) is 30.0 Å². The van der Waals surface area contributed by atoms with E-state index in [2.05, 4.69) is 16.4 Å². The maximum atomic E-state index is 12.7. The lowest BCUT2D eigenvalue weighted by Gasteiger charge is -2.38. The number of rotatable bonds is 3. The molecule has 1 aliphatic carbocycles. The molecule has 0 radical (unpaired) electrons. The molecule has 1 aromatic carbocycles. The molecule has 1 fully saturated rings. The van der Waals surface area contributed by atoms with Crippen molar-refractivity contribution in [3.05, 3.63) is 52.7 Å². The Balaban J connectivity index is 1.55. The Morgan fingerprint density at radius 2 is 1.95 bits per heavy atom. The molecule has 0 amide bonds. The van der Waals surface area contributed by atoms with Crippen molar-refractivity contribution in [2.45, 2.75) is 18.9 Å². The zero-order valence-electron chi connectivity index (χ0n) is 12.0. The van der Waals surface area contributed by atoms with Crippen molar-refractivity contribution in [1.82, 2.24) is 19.3 Å². The van der Waals surface area contributed by atoms with Crippen LogP contribution in [0.4, 0.5) is 0 Å². The van der Waals surface area contributed by atoms with Crippen LogP contribution in [-0.4, -0.2) is 40.8 Å². The zero-order valence-corrected chi connectivity index (χ0v) is 12.8. The Labute approximate surface area is 129 Å². The summed E-state index contributed by atoms with van der Waals surface area (Å²) >= 11 is 0. The van der Waals surface area contributed by atoms with Crippen molar-refractivity contribution in [3.63, 3.8) is 0 Å². The van der Waals surface area contributed by atoms with Gasteiger partial charge in [-0.3, -0.25) is 0 Å². The Bertz CT molecular complexity index is 821. The molecule has 0 atom stereocenters. The Kier molecular flexibility index (Phi) is 3.12. The summed E-state index contributed by atoms with van der Waals surface area (Å²) in [6, 6.07) is 8.05. The van der Waals surface area contributed by atoms with E-state index in [9.17, 15) is 8.42 Å². The van der Waals surface area contributed by atoms with Crippen LogP contribution in [0.2, 0.25) is 0 Å². The van der Waals surface area contributed by atoms with Crippen molar-refractivity contribution in [2.75, 3.05) is 13.1 Å². The molecule has 0 N–H and O–H groups in total. The van der Waals surface area contributed by atoms with E-state index < -0.39 is 10.0 Å². The SMILES string of the molecule is O=S(=O)(C1=Cc2ccccc2CC1)N1CC(n2ccnn2)C1. The van der Waals surface area contributed by atoms with Crippen LogP contribution in [0, 0.1) is 0 Å². The van der Waals surface area contributed by atoms with Crippen LogP contribution in [-0.2, 0) is 16.4 Å². The van der Waals surface area contributed by atoms with Gasteiger partial charge in [0, 0.05) is 19.3 Å². The molecule has 2 heterocycles. The minimum absolute atomic E-state index is 0.0914. The van der Waals surface area contributed by atoms with Gasteiger partial charge in [-0.2, -0.15) is 4.31 Å². The van der Waals surface area contributed by atoms with Crippen molar-refractivity contribution in [3.8, 4) is 0 Å². The summed E-state index contributed by atoms with van der Waals surface area (Å²) in [6.45, 7) is 0.926. The van der Waals surface area contributed by atoms with Crippen molar-refractivity contribution < 1.29 is 8.42 Å². The minimum Gasteiger partial charge on any atom is -0.247 e. The van der Waals surface area contributed by atoms with Gasteiger partial charge in [0.15, 0.2) is 0 Å². The van der Waals surface area contributed by atoms with Gasteiger partial charge in [0.2, 0.25) is 10.0 Å². The lowest BCUT2D eigenvalue weighted by Crippen LogP contribution is -2.51. The fraction of sp³-hybridized carbons (Fsp3) is 0.333. The van der Waals surface area contributed by atoms with Gasteiger partial charge in [-0.25, -0.2) is 13.1 Å². The highest BCUT2D eigenvalue weighted by Crippen LogP contribution is 2.33. The maximum absolute atomic E-state index is 12.7. The van der Waals surface area contributed by atoms with Gasteiger partial charge in [0.25, 0.3) is 0 Å². The molecule has 22 heavy (non-hydrogen) atoms. The molecule has 0 unspecified atom stereocenters. The number of sulfonamides is 1. The standard InChI is InChI=1S/C15H16N4O2S/c20-22(21,18-10-14(11-18)19-8-7-16-17-19)15-6-5-12-3-1-2-4-13(12)9-15/h1-4,7-9,14H,5-6,10-11H2. The van der Waals surface area contributed by atoms with Gasteiger partial charge < -0.3 is 0 Å². The Morgan fingerprint density at radius 1 is 1.14 bits per heavy atom. The summed E-state index contributed by atoms with van der Waals surface area (Å²) in [4.78, 5) is 0.517. The molecule has 4 rings (SSSR count). The summed E-state index contributed by atoms with van der Waals surface area (Å²) in [5, 5.41) is 7.69. The summed E-state index contributed by atoms with van der Waals surface area (Å²) in [5.41, 5.74) is 2.23. The average molecular weight is 316 g/mol. The van der Waals surface area contributed by atoms with Gasteiger partial charge >= 0.3 is 0 Å². The number of hydrogen-bond donors (Lipinski definition) is 0.